The molecule has 0 unspecified atom stereocenters. The first-order valence-electron chi connectivity index (χ1n) is 5.46. The van der Waals surface area contributed by atoms with E-state index in [2.05, 4.69) is 4.18 Å². The smallest absolute Gasteiger partial charge is 0.380 e. The minimum atomic E-state index is -4.12. The first kappa shape index (κ1) is 13.6. The van der Waals surface area contributed by atoms with Crippen LogP contribution in [0.4, 0.5) is 0 Å². The summed E-state index contributed by atoms with van der Waals surface area (Å²) in [4.78, 5) is 11.7. The summed E-state index contributed by atoms with van der Waals surface area (Å²) >= 11 is 0. The first-order valence-corrected chi connectivity index (χ1v) is 6.93. The van der Waals surface area contributed by atoms with Gasteiger partial charge < -0.3 is 8.60 Å². The molecule has 0 bridgehead atoms. The van der Waals surface area contributed by atoms with Gasteiger partial charge >= 0.3 is 15.9 Å². The van der Waals surface area contributed by atoms with Crippen LogP contribution in [0.1, 0.15) is 16.7 Å². The Labute approximate surface area is 110 Å². The Morgan fingerprint density at radius 3 is 2.32 bits per heavy atom. The van der Waals surface area contributed by atoms with Crippen molar-refractivity contribution in [3.05, 3.63) is 39.2 Å². The summed E-state index contributed by atoms with van der Waals surface area (Å²) in [6.07, 6.45) is 0. The summed E-state index contributed by atoms with van der Waals surface area (Å²) in [5, 5.41) is 5.55. The Morgan fingerprint density at radius 1 is 1.11 bits per heavy atom. The molecule has 102 valence electrons. The first-order chi connectivity index (χ1) is 8.70. The van der Waals surface area contributed by atoms with E-state index in [-0.39, 0.29) is 5.75 Å². The Balaban J connectivity index is 2.79. The van der Waals surface area contributed by atoms with E-state index in [1.807, 2.05) is 0 Å². The van der Waals surface area contributed by atoms with Crippen LogP contribution < -0.4 is 14.9 Å². The molecule has 1 aromatic heterocycles. The fourth-order valence-electron chi connectivity index (χ4n) is 1.84. The highest BCUT2D eigenvalue weighted by atomic mass is 32.2. The number of nitrogens with two attached hydrogens (primary N) is 1. The zero-order valence-electron chi connectivity index (χ0n) is 10.7. The van der Waals surface area contributed by atoms with Crippen LogP contribution >= 0.6 is 0 Å². The van der Waals surface area contributed by atoms with Gasteiger partial charge in [0.05, 0.1) is 0 Å². The van der Waals surface area contributed by atoms with Crippen LogP contribution in [-0.4, -0.2) is 8.42 Å². The molecule has 2 aromatic rings. The van der Waals surface area contributed by atoms with Gasteiger partial charge in [-0.1, -0.05) is 0 Å². The van der Waals surface area contributed by atoms with Crippen molar-refractivity contribution in [2.75, 3.05) is 0 Å². The average Bonchev–Trinajstić information content (AvgIpc) is 2.29. The molecule has 7 heteroatoms. The molecule has 0 amide bonds. The second kappa shape index (κ2) is 4.36. The predicted octanol–water partition coefficient (Wildman–Crippen LogP) is 1.30. The molecular weight excluding hydrogens is 270 g/mol. The number of benzene rings is 1. The van der Waals surface area contributed by atoms with Crippen LogP contribution in [0.2, 0.25) is 0 Å². The van der Waals surface area contributed by atoms with Crippen molar-refractivity contribution in [3.8, 4) is 5.75 Å². The molecular formula is C12H13NO5S. The van der Waals surface area contributed by atoms with Gasteiger partial charge in [-0.05, 0) is 38.5 Å². The number of hydrogen-bond donors (Lipinski definition) is 1. The lowest BCUT2D eigenvalue weighted by atomic mass is 10.0. The van der Waals surface area contributed by atoms with Crippen molar-refractivity contribution in [1.82, 2.24) is 0 Å². The molecule has 2 N–H and O–H groups in total. The van der Waals surface area contributed by atoms with Gasteiger partial charge in [0, 0.05) is 16.5 Å². The van der Waals surface area contributed by atoms with Gasteiger partial charge in [0.1, 0.15) is 5.58 Å². The van der Waals surface area contributed by atoms with Crippen LogP contribution in [0.3, 0.4) is 0 Å². The van der Waals surface area contributed by atoms with Crippen LogP contribution in [0.25, 0.3) is 11.0 Å². The zero-order valence-corrected chi connectivity index (χ0v) is 11.5. The van der Waals surface area contributed by atoms with Crippen LogP contribution in [0, 0.1) is 20.8 Å². The standard InChI is InChI=1S/C12H13NO5S/c1-6-7(2)12(14)17-11-8(3)10(5-4-9(6)11)18-19(13,15)16/h4-5H,1-3H3,(H2,13,15,16). The van der Waals surface area contributed by atoms with Crippen molar-refractivity contribution in [2.24, 2.45) is 5.14 Å². The van der Waals surface area contributed by atoms with Gasteiger partial charge in [0.25, 0.3) is 0 Å². The molecule has 0 spiro atoms. The van der Waals surface area contributed by atoms with Crippen molar-refractivity contribution >= 4 is 21.3 Å². The van der Waals surface area contributed by atoms with Crippen molar-refractivity contribution in [1.29, 1.82) is 0 Å². The largest absolute Gasteiger partial charge is 0.422 e. The summed E-state index contributed by atoms with van der Waals surface area (Å²) in [6, 6.07) is 3.11. The Hall–Kier alpha value is -1.86. The highest BCUT2D eigenvalue weighted by molar-refractivity contribution is 7.84. The van der Waals surface area contributed by atoms with Crippen molar-refractivity contribution < 1.29 is 17.0 Å². The molecule has 0 saturated heterocycles. The summed E-state index contributed by atoms with van der Waals surface area (Å²) in [7, 11) is -4.12. The molecule has 0 radical (unpaired) electrons. The summed E-state index contributed by atoms with van der Waals surface area (Å²) in [5.74, 6) is 0.0430. The molecule has 0 aliphatic rings. The zero-order chi connectivity index (χ0) is 14.4. The van der Waals surface area contributed by atoms with E-state index in [1.165, 1.54) is 6.07 Å². The molecule has 0 saturated carbocycles. The number of rotatable bonds is 2. The third-order valence-corrected chi connectivity index (χ3v) is 3.44. The number of fused-ring (bicyclic) bond motifs is 1. The molecule has 2 rings (SSSR count). The van der Waals surface area contributed by atoms with Gasteiger partial charge in [-0.2, -0.15) is 13.6 Å². The summed E-state index contributed by atoms with van der Waals surface area (Å²) < 4.78 is 31.7. The maximum absolute atomic E-state index is 11.7. The lowest BCUT2D eigenvalue weighted by Gasteiger charge is -2.10. The fourth-order valence-corrected chi connectivity index (χ4v) is 2.27. The predicted molar refractivity (Wildman–Crippen MR) is 70.4 cm³/mol. The minimum Gasteiger partial charge on any atom is -0.422 e. The monoisotopic (exact) mass is 283 g/mol. The molecule has 1 heterocycles. The normalized spacial score (nSPS) is 11.8. The van der Waals surface area contributed by atoms with E-state index >= 15 is 0 Å². The van der Waals surface area contributed by atoms with Crippen molar-refractivity contribution in [3.63, 3.8) is 0 Å². The maximum Gasteiger partial charge on any atom is 0.380 e. The second-order valence-electron chi connectivity index (χ2n) is 4.28. The quantitative estimate of drug-likeness (QED) is 0.837. The Morgan fingerprint density at radius 2 is 1.74 bits per heavy atom. The molecule has 19 heavy (non-hydrogen) atoms. The molecule has 0 atom stereocenters. The van der Waals surface area contributed by atoms with E-state index in [4.69, 9.17) is 9.56 Å². The Bertz CT molecular complexity index is 820. The van der Waals surface area contributed by atoms with Crippen LogP contribution in [0.15, 0.2) is 21.3 Å². The number of aryl methyl sites for hydroxylation is 2. The lowest BCUT2D eigenvalue weighted by molar-refractivity contribution is 0.484. The molecule has 6 nitrogen and oxygen atoms in total. The molecule has 0 aliphatic carbocycles. The van der Waals surface area contributed by atoms with E-state index in [9.17, 15) is 13.2 Å². The van der Waals surface area contributed by atoms with Crippen molar-refractivity contribution in [2.45, 2.75) is 20.8 Å². The minimum absolute atomic E-state index is 0.0430. The summed E-state index contributed by atoms with van der Waals surface area (Å²) in [5.41, 5.74) is 1.56. The highest BCUT2D eigenvalue weighted by Crippen LogP contribution is 2.29. The van der Waals surface area contributed by atoms with E-state index in [0.29, 0.717) is 16.7 Å². The molecule has 0 aliphatic heterocycles. The third kappa shape index (κ3) is 2.47. The SMILES string of the molecule is Cc1c(C)c2ccc(OS(N)(=O)=O)c(C)c2oc1=O. The van der Waals surface area contributed by atoms with Gasteiger partial charge in [-0.25, -0.2) is 4.79 Å². The number of hydrogen-bond acceptors (Lipinski definition) is 5. The lowest BCUT2D eigenvalue weighted by Crippen LogP contribution is -2.19. The van der Waals surface area contributed by atoms with Crippen LogP contribution in [0.5, 0.6) is 5.75 Å². The van der Waals surface area contributed by atoms with E-state index in [0.717, 1.165) is 10.9 Å². The molecule has 0 fully saturated rings. The average molecular weight is 283 g/mol. The van der Waals surface area contributed by atoms with Crippen LogP contribution in [-0.2, 0) is 10.3 Å². The van der Waals surface area contributed by atoms with Gasteiger partial charge in [0.2, 0.25) is 0 Å². The topological polar surface area (TPSA) is 99.6 Å². The third-order valence-electron chi connectivity index (χ3n) is 3.03. The maximum atomic E-state index is 11.7. The highest BCUT2D eigenvalue weighted by Gasteiger charge is 2.15. The fraction of sp³-hybridized carbons (Fsp3) is 0.250. The van der Waals surface area contributed by atoms with E-state index in [1.54, 1.807) is 26.8 Å². The van der Waals surface area contributed by atoms with Gasteiger partial charge in [0.15, 0.2) is 5.75 Å². The summed E-state index contributed by atoms with van der Waals surface area (Å²) in [6.45, 7) is 5.07. The molecule has 1 aromatic carbocycles. The van der Waals surface area contributed by atoms with Gasteiger partial charge in [-0.15, -0.1) is 0 Å². The van der Waals surface area contributed by atoms with E-state index < -0.39 is 15.9 Å². The van der Waals surface area contributed by atoms with Gasteiger partial charge in [-0.3, -0.25) is 0 Å². The second-order valence-corrected chi connectivity index (χ2v) is 5.43. The Kier molecular flexibility index (Phi) is 3.11.